The van der Waals surface area contributed by atoms with Gasteiger partial charge in [-0.2, -0.15) is 0 Å². The van der Waals surface area contributed by atoms with Gasteiger partial charge < -0.3 is 5.32 Å². The van der Waals surface area contributed by atoms with Gasteiger partial charge in [-0.3, -0.25) is 0 Å². The van der Waals surface area contributed by atoms with E-state index in [0.717, 1.165) is 17.1 Å². The normalized spacial score (nSPS) is 10.7. The van der Waals surface area contributed by atoms with Crippen molar-refractivity contribution in [2.45, 2.75) is 19.8 Å². The molecule has 0 aliphatic carbocycles. The second-order valence-electron chi connectivity index (χ2n) is 4.39. The standard InChI is InChI=1S/C14H16ClN3/c1-9(2)12-8-13(16-3)18-14(17-12)10-6-4-5-7-11(10)15/h4-9H,1-3H3,(H,16,17,18). The van der Waals surface area contributed by atoms with Crippen molar-refractivity contribution >= 4 is 17.4 Å². The second kappa shape index (κ2) is 5.36. The van der Waals surface area contributed by atoms with E-state index in [1.54, 1.807) is 0 Å². The number of nitrogens with zero attached hydrogens (tertiary/aromatic N) is 2. The fourth-order valence-corrected chi connectivity index (χ4v) is 1.87. The van der Waals surface area contributed by atoms with Crippen LogP contribution in [0.15, 0.2) is 30.3 Å². The summed E-state index contributed by atoms with van der Waals surface area (Å²) in [6, 6.07) is 9.58. The number of hydrogen-bond donors (Lipinski definition) is 1. The van der Waals surface area contributed by atoms with Crippen LogP contribution in [0.4, 0.5) is 5.82 Å². The van der Waals surface area contributed by atoms with Gasteiger partial charge >= 0.3 is 0 Å². The molecule has 1 N–H and O–H groups in total. The van der Waals surface area contributed by atoms with Crippen molar-refractivity contribution in [3.8, 4) is 11.4 Å². The summed E-state index contributed by atoms with van der Waals surface area (Å²) in [5, 5.41) is 3.72. The van der Waals surface area contributed by atoms with Crippen LogP contribution in [0.3, 0.4) is 0 Å². The van der Waals surface area contributed by atoms with Crippen LogP contribution in [-0.2, 0) is 0 Å². The molecule has 3 nitrogen and oxygen atoms in total. The highest BCUT2D eigenvalue weighted by atomic mass is 35.5. The number of rotatable bonds is 3. The Labute approximate surface area is 112 Å². The van der Waals surface area contributed by atoms with Crippen LogP contribution in [0.5, 0.6) is 0 Å². The van der Waals surface area contributed by atoms with Gasteiger partial charge in [-0.05, 0) is 18.1 Å². The number of anilines is 1. The first-order valence-corrected chi connectivity index (χ1v) is 6.31. The van der Waals surface area contributed by atoms with Gasteiger partial charge in [0.2, 0.25) is 0 Å². The smallest absolute Gasteiger partial charge is 0.163 e. The molecule has 18 heavy (non-hydrogen) atoms. The first kappa shape index (κ1) is 12.8. The number of aromatic nitrogens is 2. The Kier molecular flexibility index (Phi) is 3.82. The van der Waals surface area contributed by atoms with Crippen molar-refractivity contribution in [2.24, 2.45) is 0 Å². The average Bonchev–Trinajstić information content (AvgIpc) is 2.38. The Morgan fingerprint density at radius 1 is 1.17 bits per heavy atom. The highest BCUT2D eigenvalue weighted by Gasteiger charge is 2.10. The molecule has 2 rings (SSSR count). The van der Waals surface area contributed by atoms with E-state index in [1.165, 1.54) is 0 Å². The molecule has 0 bridgehead atoms. The van der Waals surface area contributed by atoms with Crippen LogP contribution >= 0.6 is 11.6 Å². The minimum absolute atomic E-state index is 0.348. The molecule has 0 radical (unpaired) electrons. The third-order valence-corrected chi connectivity index (χ3v) is 3.04. The average molecular weight is 262 g/mol. The Morgan fingerprint density at radius 3 is 2.50 bits per heavy atom. The second-order valence-corrected chi connectivity index (χ2v) is 4.79. The van der Waals surface area contributed by atoms with Gasteiger partial charge in [0.1, 0.15) is 5.82 Å². The summed E-state index contributed by atoms with van der Waals surface area (Å²) in [5.74, 6) is 1.82. The molecule has 2 aromatic rings. The number of halogens is 1. The van der Waals surface area contributed by atoms with Gasteiger partial charge in [-0.25, -0.2) is 9.97 Å². The molecule has 1 heterocycles. The molecule has 0 spiro atoms. The predicted molar refractivity (Wildman–Crippen MR) is 76.1 cm³/mol. The van der Waals surface area contributed by atoms with Crippen molar-refractivity contribution in [3.05, 3.63) is 41.0 Å². The third-order valence-electron chi connectivity index (χ3n) is 2.71. The van der Waals surface area contributed by atoms with Gasteiger partial charge in [-0.1, -0.05) is 37.6 Å². The monoisotopic (exact) mass is 261 g/mol. The molecule has 4 heteroatoms. The summed E-state index contributed by atoms with van der Waals surface area (Å²) in [5.41, 5.74) is 1.86. The molecule has 0 atom stereocenters. The van der Waals surface area contributed by atoms with Crippen molar-refractivity contribution in [2.75, 3.05) is 12.4 Å². The Hall–Kier alpha value is -1.61. The van der Waals surface area contributed by atoms with Crippen LogP contribution in [0.2, 0.25) is 5.02 Å². The molecule has 0 amide bonds. The van der Waals surface area contributed by atoms with Gasteiger partial charge in [0.05, 0.1) is 5.02 Å². The van der Waals surface area contributed by atoms with E-state index in [9.17, 15) is 0 Å². The molecule has 94 valence electrons. The number of benzene rings is 1. The zero-order chi connectivity index (χ0) is 13.1. The van der Waals surface area contributed by atoms with Crippen molar-refractivity contribution in [3.63, 3.8) is 0 Å². The zero-order valence-electron chi connectivity index (χ0n) is 10.7. The van der Waals surface area contributed by atoms with Crippen LogP contribution in [-0.4, -0.2) is 17.0 Å². The van der Waals surface area contributed by atoms with E-state index in [0.29, 0.717) is 16.8 Å². The van der Waals surface area contributed by atoms with Crippen molar-refractivity contribution in [1.29, 1.82) is 0 Å². The minimum atomic E-state index is 0.348. The fraction of sp³-hybridized carbons (Fsp3) is 0.286. The quantitative estimate of drug-likeness (QED) is 0.909. The summed E-state index contributed by atoms with van der Waals surface area (Å²) in [6.07, 6.45) is 0. The van der Waals surface area contributed by atoms with E-state index >= 15 is 0 Å². The van der Waals surface area contributed by atoms with Crippen LogP contribution in [0, 0.1) is 0 Å². The van der Waals surface area contributed by atoms with Gasteiger partial charge in [0.15, 0.2) is 5.82 Å². The molecule has 0 aliphatic rings. The van der Waals surface area contributed by atoms with Crippen LogP contribution in [0.1, 0.15) is 25.5 Å². The predicted octanol–water partition coefficient (Wildman–Crippen LogP) is 3.96. The maximum atomic E-state index is 6.19. The minimum Gasteiger partial charge on any atom is -0.373 e. The van der Waals surface area contributed by atoms with E-state index in [-0.39, 0.29) is 0 Å². The lowest BCUT2D eigenvalue weighted by molar-refractivity contribution is 0.817. The van der Waals surface area contributed by atoms with E-state index in [2.05, 4.69) is 29.1 Å². The SMILES string of the molecule is CNc1cc(C(C)C)nc(-c2ccccc2Cl)n1. The lowest BCUT2D eigenvalue weighted by Crippen LogP contribution is -2.02. The van der Waals surface area contributed by atoms with Crippen LogP contribution in [0.25, 0.3) is 11.4 Å². The summed E-state index contributed by atoms with van der Waals surface area (Å²) < 4.78 is 0. The summed E-state index contributed by atoms with van der Waals surface area (Å²) >= 11 is 6.19. The van der Waals surface area contributed by atoms with E-state index in [4.69, 9.17) is 11.6 Å². The van der Waals surface area contributed by atoms with Crippen molar-refractivity contribution < 1.29 is 0 Å². The fourth-order valence-electron chi connectivity index (χ4n) is 1.65. The Morgan fingerprint density at radius 2 is 1.89 bits per heavy atom. The molecular formula is C14H16ClN3. The summed E-state index contributed by atoms with van der Waals surface area (Å²) in [4.78, 5) is 9.04. The van der Waals surface area contributed by atoms with Crippen LogP contribution < -0.4 is 5.32 Å². The third kappa shape index (κ3) is 2.62. The zero-order valence-corrected chi connectivity index (χ0v) is 11.5. The molecule has 0 unspecified atom stereocenters. The molecule has 1 aromatic carbocycles. The Bertz CT molecular complexity index is 552. The maximum Gasteiger partial charge on any atom is 0.163 e. The first-order chi connectivity index (χ1) is 8.61. The highest BCUT2D eigenvalue weighted by Crippen LogP contribution is 2.27. The summed E-state index contributed by atoms with van der Waals surface area (Å²) in [6.45, 7) is 4.22. The molecule has 0 saturated heterocycles. The molecule has 0 saturated carbocycles. The van der Waals surface area contributed by atoms with Crippen molar-refractivity contribution in [1.82, 2.24) is 9.97 Å². The Balaban J connectivity index is 2.57. The maximum absolute atomic E-state index is 6.19. The molecule has 0 fully saturated rings. The molecule has 0 aliphatic heterocycles. The first-order valence-electron chi connectivity index (χ1n) is 5.93. The lowest BCUT2D eigenvalue weighted by atomic mass is 10.1. The largest absolute Gasteiger partial charge is 0.373 e. The number of nitrogens with one attached hydrogen (secondary N) is 1. The van der Waals surface area contributed by atoms with Gasteiger partial charge in [0.25, 0.3) is 0 Å². The highest BCUT2D eigenvalue weighted by molar-refractivity contribution is 6.33. The van der Waals surface area contributed by atoms with E-state index in [1.807, 2.05) is 37.4 Å². The topological polar surface area (TPSA) is 37.8 Å². The molecular weight excluding hydrogens is 246 g/mol. The van der Waals surface area contributed by atoms with Gasteiger partial charge in [0, 0.05) is 24.4 Å². The van der Waals surface area contributed by atoms with E-state index < -0.39 is 0 Å². The summed E-state index contributed by atoms with van der Waals surface area (Å²) in [7, 11) is 1.85. The molecule has 1 aromatic heterocycles. The number of hydrogen-bond acceptors (Lipinski definition) is 3. The lowest BCUT2D eigenvalue weighted by Gasteiger charge is -2.10. The van der Waals surface area contributed by atoms with Gasteiger partial charge in [-0.15, -0.1) is 0 Å².